The van der Waals surface area contributed by atoms with Crippen LogP contribution in [0.1, 0.15) is 5.82 Å². The van der Waals surface area contributed by atoms with Gasteiger partial charge in [-0.15, -0.1) is 0 Å². The molecule has 10 heteroatoms. The predicted octanol–water partition coefficient (Wildman–Crippen LogP) is 1.95. The van der Waals surface area contributed by atoms with Crippen LogP contribution < -0.4 is 15.5 Å². The summed E-state index contributed by atoms with van der Waals surface area (Å²) in [7, 11) is 1.51. The van der Waals surface area contributed by atoms with E-state index in [1.807, 2.05) is 0 Å². The number of aromatic nitrogens is 2. The van der Waals surface area contributed by atoms with E-state index in [0.717, 1.165) is 0 Å². The van der Waals surface area contributed by atoms with Crippen molar-refractivity contribution < 1.29 is 18.8 Å². The average molecular weight is 366 g/mol. The van der Waals surface area contributed by atoms with Crippen molar-refractivity contribution in [3.63, 3.8) is 0 Å². The molecule has 9 nitrogen and oxygen atoms in total. The van der Waals surface area contributed by atoms with Gasteiger partial charge in [0.2, 0.25) is 0 Å². The topological polar surface area (TPSA) is 110 Å². The van der Waals surface area contributed by atoms with E-state index in [9.17, 15) is 9.59 Å². The lowest BCUT2D eigenvalue weighted by Crippen LogP contribution is -2.39. The van der Waals surface area contributed by atoms with Crippen LogP contribution in [-0.4, -0.2) is 48.5 Å². The smallest absolute Gasteiger partial charge is 0.414 e. The molecule has 0 saturated carbocycles. The van der Waals surface area contributed by atoms with E-state index in [0.29, 0.717) is 34.5 Å². The molecular weight excluding hydrogens is 350 g/mol. The Hall–Kier alpha value is -2.81. The lowest BCUT2D eigenvalue weighted by atomic mass is 10.2. The first kappa shape index (κ1) is 17.0. The number of halogens is 1. The molecule has 1 aromatic carbocycles. The number of carbonyl (C=O) groups is 2. The van der Waals surface area contributed by atoms with Crippen molar-refractivity contribution in [2.75, 3.05) is 25.0 Å². The number of cyclic esters (lactones) is 1. The van der Waals surface area contributed by atoms with E-state index < -0.39 is 12.2 Å². The maximum absolute atomic E-state index is 12.1. The number of rotatable bonds is 4. The third-order valence-electron chi connectivity index (χ3n) is 3.61. The van der Waals surface area contributed by atoms with Crippen molar-refractivity contribution in [1.82, 2.24) is 20.8 Å². The van der Waals surface area contributed by atoms with Crippen LogP contribution in [0, 0.1) is 6.92 Å². The summed E-state index contributed by atoms with van der Waals surface area (Å²) in [5.41, 5.74) is 1.16. The summed E-state index contributed by atoms with van der Waals surface area (Å²) in [6.07, 6.45) is -0.942. The van der Waals surface area contributed by atoms with Crippen LogP contribution in [0.4, 0.5) is 15.3 Å². The summed E-state index contributed by atoms with van der Waals surface area (Å²) in [6.45, 7) is 2.23. The predicted molar refractivity (Wildman–Crippen MR) is 89.6 cm³/mol. The van der Waals surface area contributed by atoms with Gasteiger partial charge in [-0.3, -0.25) is 4.90 Å². The highest BCUT2D eigenvalue weighted by atomic mass is 35.5. The van der Waals surface area contributed by atoms with Crippen LogP contribution in [0.2, 0.25) is 5.02 Å². The molecule has 3 amide bonds. The second-order valence-corrected chi connectivity index (χ2v) is 5.79. The maximum Gasteiger partial charge on any atom is 0.414 e. The van der Waals surface area contributed by atoms with Crippen molar-refractivity contribution >= 4 is 29.4 Å². The number of hydrogen-bond donors (Lipinski definition) is 2. The Morgan fingerprint density at radius 1 is 1.48 bits per heavy atom. The summed E-state index contributed by atoms with van der Waals surface area (Å²) in [5, 5.41) is 9.14. The molecule has 2 N–H and O–H groups in total. The minimum Gasteiger partial charge on any atom is -0.442 e. The zero-order valence-electron chi connectivity index (χ0n) is 13.6. The molecule has 1 saturated heterocycles. The Kier molecular flexibility index (Phi) is 4.75. The average Bonchev–Trinajstić information content (AvgIpc) is 3.18. The van der Waals surface area contributed by atoms with E-state index in [-0.39, 0.29) is 12.6 Å². The first-order valence-electron chi connectivity index (χ1n) is 7.52. The molecule has 0 bridgehead atoms. The van der Waals surface area contributed by atoms with Crippen LogP contribution >= 0.6 is 11.6 Å². The van der Waals surface area contributed by atoms with E-state index in [1.165, 1.54) is 11.9 Å². The molecule has 3 rings (SSSR count). The molecule has 0 radical (unpaired) electrons. The summed E-state index contributed by atoms with van der Waals surface area (Å²) in [6, 6.07) is 4.72. The molecule has 2 heterocycles. The fraction of sp³-hybridized carbons (Fsp3) is 0.333. The highest BCUT2D eigenvalue weighted by Gasteiger charge is 2.32. The molecule has 1 aliphatic rings. The molecule has 1 unspecified atom stereocenters. The van der Waals surface area contributed by atoms with Gasteiger partial charge < -0.3 is 19.9 Å². The summed E-state index contributed by atoms with van der Waals surface area (Å²) in [4.78, 5) is 28.8. The molecule has 1 aliphatic heterocycles. The number of hydrogen-bond acceptors (Lipinski definition) is 6. The Morgan fingerprint density at radius 2 is 2.28 bits per heavy atom. The fourth-order valence-electron chi connectivity index (χ4n) is 2.39. The van der Waals surface area contributed by atoms with E-state index in [4.69, 9.17) is 20.9 Å². The van der Waals surface area contributed by atoms with Gasteiger partial charge in [-0.1, -0.05) is 16.8 Å². The van der Waals surface area contributed by atoms with Gasteiger partial charge in [-0.05, 0) is 25.1 Å². The molecule has 25 heavy (non-hydrogen) atoms. The maximum atomic E-state index is 12.1. The lowest BCUT2D eigenvalue weighted by Gasteiger charge is -2.14. The first-order chi connectivity index (χ1) is 12.0. The molecule has 0 spiro atoms. The van der Waals surface area contributed by atoms with Gasteiger partial charge in [-0.25, -0.2) is 9.59 Å². The van der Waals surface area contributed by atoms with Crippen LogP contribution in [0.25, 0.3) is 11.5 Å². The van der Waals surface area contributed by atoms with Gasteiger partial charge in [0.1, 0.15) is 6.10 Å². The number of carbonyl (C=O) groups excluding carboxylic acids is 2. The number of urea groups is 1. The molecule has 132 valence electrons. The van der Waals surface area contributed by atoms with Crippen LogP contribution in [-0.2, 0) is 4.74 Å². The van der Waals surface area contributed by atoms with E-state index in [2.05, 4.69) is 20.8 Å². The minimum absolute atomic E-state index is 0.217. The van der Waals surface area contributed by atoms with Gasteiger partial charge in [0.25, 0.3) is 5.89 Å². The SMILES string of the molecule is CNC(=O)NCC1CN(c2ccc(-c3nc(C)no3)c(Cl)c2)C(=O)O1. The van der Waals surface area contributed by atoms with Gasteiger partial charge in [-0.2, -0.15) is 4.98 Å². The Labute approximate surface area is 148 Å². The third kappa shape index (κ3) is 3.66. The Morgan fingerprint density at radius 3 is 2.92 bits per heavy atom. The highest BCUT2D eigenvalue weighted by molar-refractivity contribution is 6.33. The van der Waals surface area contributed by atoms with Gasteiger partial charge in [0.15, 0.2) is 5.82 Å². The molecule has 2 aromatic rings. The Bertz CT molecular complexity index is 809. The second-order valence-electron chi connectivity index (χ2n) is 5.39. The van der Waals surface area contributed by atoms with Crippen LogP contribution in [0.15, 0.2) is 22.7 Å². The van der Waals surface area contributed by atoms with E-state index in [1.54, 1.807) is 25.1 Å². The molecule has 1 fully saturated rings. The number of ether oxygens (including phenoxy) is 1. The van der Waals surface area contributed by atoms with Crippen LogP contribution in [0.5, 0.6) is 0 Å². The van der Waals surface area contributed by atoms with Crippen molar-refractivity contribution in [3.05, 3.63) is 29.0 Å². The molecule has 0 aliphatic carbocycles. The first-order valence-corrected chi connectivity index (χ1v) is 7.89. The highest BCUT2D eigenvalue weighted by Crippen LogP contribution is 2.32. The number of benzene rings is 1. The van der Waals surface area contributed by atoms with Crippen molar-refractivity contribution in [1.29, 1.82) is 0 Å². The van der Waals surface area contributed by atoms with Crippen LogP contribution in [0.3, 0.4) is 0 Å². The van der Waals surface area contributed by atoms with Crippen molar-refractivity contribution in [2.45, 2.75) is 13.0 Å². The normalized spacial score (nSPS) is 16.7. The van der Waals surface area contributed by atoms with Gasteiger partial charge >= 0.3 is 12.1 Å². The van der Waals surface area contributed by atoms with Crippen molar-refractivity contribution in [2.24, 2.45) is 0 Å². The summed E-state index contributed by atoms with van der Waals surface area (Å²) in [5.74, 6) is 0.815. The number of amides is 3. The zero-order chi connectivity index (χ0) is 18.0. The van der Waals surface area contributed by atoms with Gasteiger partial charge in [0, 0.05) is 12.7 Å². The fourth-order valence-corrected chi connectivity index (χ4v) is 2.64. The largest absolute Gasteiger partial charge is 0.442 e. The number of nitrogens with zero attached hydrogens (tertiary/aromatic N) is 3. The molecule has 1 aromatic heterocycles. The van der Waals surface area contributed by atoms with E-state index >= 15 is 0 Å². The Balaban J connectivity index is 1.72. The monoisotopic (exact) mass is 365 g/mol. The minimum atomic E-state index is -0.499. The quantitative estimate of drug-likeness (QED) is 0.857. The standard InChI is InChI=1S/C15H16ClN5O4/c1-8-19-13(25-20-8)11-4-3-9(5-12(11)16)21-7-10(24-15(21)23)6-18-14(22)17-2/h3-5,10H,6-7H2,1-2H3,(H2,17,18,22). The van der Waals surface area contributed by atoms with Gasteiger partial charge in [0.05, 0.1) is 23.7 Å². The van der Waals surface area contributed by atoms with Crippen molar-refractivity contribution in [3.8, 4) is 11.5 Å². The summed E-state index contributed by atoms with van der Waals surface area (Å²) >= 11 is 6.29. The molecular formula is C15H16ClN5O4. The number of aryl methyl sites for hydroxylation is 1. The third-order valence-corrected chi connectivity index (χ3v) is 3.93. The number of anilines is 1. The zero-order valence-corrected chi connectivity index (χ0v) is 14.3. The second kappa shape index (κ2) is 6.98. The lowest BCUT2D eigenvalue weighted by molar-refractivity contribution is 0.140. The number of nitrogens with one attached hydrogen (secondary N) is 2. The summed E-state index contributed by atoms with van der Waals surface area (Å²) < 4.78 is 10.3. The molecule has 1 atom stereocenters.